The van der Waals surface area contributed by atoms with Gasteiger partial charge in [0.15, 0.2) is 5.78 Å². The molecule has 4 nitrogen and oxygen atoms in total. The Kier molecular flexibility index (Phi) is 4.42. The Hall–Kier alpha value is -2.37. The number of Topliss-reactive ketones (excluding diaryl/α,β-unsaturated/α-hetero) is 1. The van der Waals surface area contributed by atoms with Gasteiger partial charge < -0.3 is 0 Å². The second-order valence-corrected chi connectivity index (χ2v) is 7.68. The number of ketones is 1. The van der Waals surface area contributed by atoms with Gasteiger partial charge in [-0.3, -0.25) is 9.59 Å². The molecule has 1 aromatic heterocycles. The first-order valence-electron chi connectivity index (χ1n) is 8.20. The maximum Gasteiger partial charge on any atom is 0.271 e. The predicted molar refractivity (Wildman–Crippen MR) is 105 cm³/mol. The lowest BCUT2D eigenvalue weighted by Crippen LogP contribution is -2.22. The monoisotopic (exact) mass is 382 g/mol. The van der Waals surface area contributed by atoms with E-state index in [1.807, 2.05) is 18.2 Å². The van der Waals surface area contributed by atoms with E-state index in [0.29, 0.717) is 16.3 Å². The molecule has 3 aromatic rings. The number of benzene rings is 2. The summed E-state index contributed by atoms with van der Waals surface area (Å²) in [4.78, 5) is 25.5. The quantitative estimate of drug-likeness (QED) is 0.616. The van der Waals surface area contributed by atoms with Crippen molar-refractivity contribution in [2.75, 3.05) is 5.75 Å². The highest BCUT2D eigenvalue weighted by molar-refractivity contribution is 7.99. The number of hydrogen-bond acceptors (Lipinski definition) is 4. The van der Waals surface area contributed by atoms with Gasteiger partial charge in [0.05, 0.1) is 11.4 Å². The molecule has 0 saturated carbocycles. The standard InChI is InChI=1S/C20H15ClN2O2S/c1-12(24)13-2-7-18-17(10-13)20-14(8-9-26-18)11-19(25)23(22-20)16-5-3-15(21)4-6-16/h2-7,10-11H,8-9H2,1H3. The molecule has 0 atom stereocenters. The molecule has 0 N–H and O–H groups in total. The predicted octanol–water partition coefficient (Wildman–Crippen LogP) is 4.40. The number of thioether (sulfide) groups is 1. The van der Waals surface area contributed by atoms with E-state index in [4.69, 9.17) is 11.6 Å². The van der Waals surface area contributed by atoms with E-state index in [-0.39, 0.29) is 11.3 Å². The third kappa shape index (κ3) is 3.08. The molecule has 1 aliphatic rings. The smallest absolute Gasteiger partial charge is 0.271 e. The zero-order valence-corrected chi connectivity index (χ0v) is 15.6. The fourth-order valence-electron chi connectivity index (χ4n) is 3.01. The molecule has 0 radical (unpaired) electrons. The van der Waals surface area contributed by atoms with E-state index in [1.54, 1.807) is 49.0 Å². The van der Waals surface area contributed by atoms with Gasteiger partial charge in [-0.2, -0.15) is 9.78 Å². The summed E-state index contributed by atoms with van der Waals surface area (Å²) in [5.41, 5.74) is 3.68. The molecule has 0 saturated heterocycles. The first kappa shape index (κ1) is 17.1. The number of aryl methyl sites for hydroxylation is 1. The van der Waals surface area contributed by atoms with Crippen molar-refractivity contribution in [3.63, 3.8) is 0 Å². The van der Waals surface area contributed by atoms with Crippen LogP contribution in [0.15, 0.2) is 58.2 Å². The molecule has 0 unspecified atom stereocenters. The summed E-state index contributed by atoms with van der Waals surface area (Å²) < 4.78 is 1.38. The van der Waals surface area contributed by atoms with Crippen molar-refractivity contribution in [1.29, 1.82) is 0 Å². The van der Waals surface area contributed by atoms with Gasteiger partial charge in [0.2, 0.25) is 0 Å². The maximum absolute atomic E-state index is 12.6. The van der Waals surface area contributed by atoms with Gasteiger partial charge in [-0.05, 0) is 55.3 Å². The average molecular weight is 383 g/mol. The number of fused-ring (bicyclic) bond motifs is 3. The third-order valence-electron chi connectivity index (χ3n) is 4.35. The molecule has 130 valence electrons. The first-order valence-corrected chi connectivity index (χ1v) is 9.56. The van der Waals surface area contributed by atoms with Gasteiger partial charge >= 0.3 is 0 Å². The average Bonchev–Trinajstić information content (AvgIpc) is 2.80. The summed E-state index contributed by atoms with van der Waals surface area (Å²) in [6.45, 7) is 1.55. The largest absolute Gasteiger partial charge is 0.295 e. The number of carbonyl (C=O) groups is 1. The third-order valence-corrected chi connectivity index (χ3v) is 5.68. The molecular formula is C20H15ClN2O2S. The van der Waals surface area contributed by atoms with Crippen LogP contribution >= 0.6 is 23.4 Å². The minimum Gasteiger partial charge on any atom is -0.295 e. The van der Waals surface area contributed by atoms with Gasteiger partial charge in [0.25, 0.3) is 5.56 Å². The van der Waals surface area contributed by atoms with Crippen LogP contribution in [0, 0.1) is 0 Å². The van der Waals surface area contributed by atoms with E-state index in [1.165, 1.54) is 4.68 Å². The minimum atomic E-state index is -0.178. The van der Waals surface area contributed by atoms with Crippen LogP contribution in [0.2, 0.25) is 5.02 Å². The highest BCUT2D eigenvalue weighted by atomic mass is 35.5. The van der Waals surface area contributed by atoms with Gasteiger partial charge in [-0.25, -0.2) is 0 Å². The van der Waals surface area contributed by atoms with Crippen molar-refractivity contribution in [2.45, 2.75) is 18.2 Å². The van der Waals surface area contributed by atoms with Crippen LogP contribution in [-0.4, -0.2) is 21.3 Å². The SMILES string of the molecule is CC(=O)c1ccc2c(c1)-c1nn(-c3ccc(Cl)cc3)c(=O)cc1CCS2. The topological polar surface area (TPSA) is 52.0 Å². The number of rotatable bonds is 2. The van der Waals surface area contributed by atoms with Crippen molar-refractivity contribution >= 4 is 29.1 Å². The Labute approximate surface area is 159 Å². The second-order valence-electron chi connectivity index (χ2n) is 6.11. The number of nitrogens with zero attached hydrogens (tertiary/aromatic N) is 2. The molecule has 0 spiro atoms. The van der Waals surface area contributed by atoms with Gasteiger partial charge in [0.1, 0.15) is 0 Å². The Bertz CT molecular complexity index is 1070. The van der Waals surface area contributed by atoms with Crippen LogP contribution in [-0.2, 0) is 6.42 Å². The van der Waals surface area contributed by atoms with Crippen molar-refractivity contribution in [3.8, 4) is 16.9 Å². The summed E-state index contributed by atoms with van der Waals surface area (Å²) in [6, 6.07) is 14.3. The lowest BCUT2D eigenvalue weighted by Gasteiger charge is -2.12. The number of hydrogen-bond donors (Lipinski definition) is 0. The van der Waals surface area contributed by atoms with Crippen molar-refractivity contribution in [3.05, 3.63) is 75.0 Å². The normalized spacial score (nSPS) is 12.8. The van der Waals surface area contributed by atoms with Crippen molar-refractivity contribution in [2.24, 2.45) is 0 Å². The van der Waals surface area contributed by atoms with Crippen LogP contribution in [0.1, 0.15) is 22.8 Å². The fourth-order valence-corrected chi connectivity index (χ4v) is 4.15. The van der Waals surface area contributed by atoms with Gasteiger partial charge in [0, 0.05) is 32.9 Å². The lowest BCUT2D eigenvalue weighted by molar-refractivity contribution is 0.101. The van der Waals surface area contributed by atoms with E-state index >= 15 is 0 Å². The Morgan fingerprint density at radius 1 is 1.15 bits per heavy atom. The molecular weight excluding hydrogens is 368 g/mol. The summed E-state index contributed by atoms with van der Waals surface area (Å²) in [5, 5.41) is 5.25. The lowest BCUT2D eigenvalue weighted by atomic mass is 10.0. The molecule has 0 fully saturated rings. The van der Waals surface area contributed by atoms with Crippen LogP contribution in [0.5, 0.6) is 0 Å². The van der Waals surface area contributed by atoms with Crippen LogP contribution < -0.4 is 5.56 Å². The molecule has 26 heavy (non-hydrogen) atoms. The second kappa shape index (κ2) is 6.74. The number of carbonyl (C=O) groups excluding carboxylic acids is 1. The van der Waals surface area contributed by atoms with E-state index in [2.05, 4.69) is 5.10 Å². The summed E-state index contributed by atoms with van der Waals surface area (Å²) in [7, 11) is 0. The maximum atomic E-state index is 12.6. The molecule has 0 bridgehead atoms. The Morgan fingerprint density at radius 3 is 2.65 bits per heavy atom. The molecule has 0 aliphatic carbocycles. The van der Waals surface area contributed by atoms with Crippen molar-refractivity contribution in [1.82, 2.24) is 9.78 Å². The van der Waals surface area contributed by atoms with E-state index < -0.39 is 0 Å². The fraction of sp³-hybridized carbons (Fsp3) is 0.150. The van der Waals surface area contributed by atoms with Crippen LogP contribution in [0.3, 0.4) is 0 Å². The molecule has 4 rings (SSSR count). The first-order chi connectivity index (χ1) is 12.5. The van der Waals surface area contributed by atoms with Gasteiger partial charge in [-0.15, -0.1) is 11.8 Å². The zero-order chi connectivity index (χ0) is 18.3. The van der Waals surface area contributed by atoms with Crippen molar-refractivity contribution < 1.29 is 4.79 Å². The summed E-state index contributed by atoms with van der Waals surface area (Å²) in [6.07, 6.45) is 0.758. The molecule has 0 amide bonds. The van der Waals surface area contributed by atoms with E-state index in [9.17, 15) is 9.59 Å². The van der Waals surface area contributed by atoms with E-state index in [0.717, 1.165) is 33.9 Å². The summed E-state index contributed by atoms with van der Waals surface area (Å²) >= 11 is 7.66. The Morgan fingerprint density at radius 2 is 1.92 bits per heavy atom. The number of aromatic nitrogens is 2. The molecule has 2 aromatic carbocycles. The Balaban J connectivity index is 1.95. The molecule has 6 heteroatoms. The van der Waals surface area contributed by atoms with Gasteiger partial charge in [-0.1, -0.05) is 17.7 Å². The highest BCUT2D eigenvalue weighted by Gasteiger charge is 2.20. The molecule has 2 heterocycles. The zero-order valence-electron chi connectivity index (χ0n) is 14.0. The summed E-state index contributed by atoms with van der Waals surface area (Å²) in [5.74, 6) is 0.875. The van der Waals surface area contributed by atoms with Crippen LogP contribution in [0.25, 0.3) is 16.9 Å². The number of halogens is 1. The van der Waals surface area contributed by atoms with Crippen LogP contribution in [0.4, 0.5) is 0 Å². The minimum absolute atomic E-state index is 0.00891. The highest BCUT2D eigenvalue weighted by Crippen LogP contribution is 2.36. The molecule has 1 aliphatic heterocycles.